The lowest BCUT2D eigenvalue weighted by Gasteiger charge is -2.39. The fraction of sp³-hybridized carbons (Fsp3) is 0.323. The Hall–Kier alpha value is -3.88. The van der Waals surface area contributed by atoms with Gasteiger partial charge in [-0.2, -0.15) is 0 Å². The van der Waals surface area contributed by atoms with Gasteiger partial charge in [0.25, 0.3) is 0 Å². The number of nitrogens with zero attached hydrogens (tertiary/aromatic N) is 3. The smallest absolute Gasteiger partial charge is 0.225 e. The van der Waals surface area contributed by atoms with Gasteiger partial charge in [-0.15, -0.1) is 0 Å². The van der Waals surface area contributed by atoms with Gasteiger partial charge in [-0.1, -0.05) is 23.7 Å². The number of carbonyl (C=O) groups is 1. The maximum atomic E-state index is 12.9. The van der Waals surface area contributed by atoms with Crippen molar-refractivity contribution in [2.75, 3.05) is 18.4 Å². The number of aromatic nitrogens is 4. The molecule has 5 aromatic rings. The van der Waals surface area contributed by atoms with Crippen molar-refractivity contribution in [1.29, 1.82) is 0 Å². The zero-order chi connectivity index (χ0) is 27.1. The van der Waals surface area contributed by atoms with Gasteiger partial charge in [0, 0.05) is 66.8 Å². The van der Waals surface area contributed by atoms with Crippen molar-refractivity contribution in [1.82, 2.24) is 30.2 Å². The number of rotatable bonds is 7. The Morgan fingerprint density at radius 1 is 1.02 bits per heavy atom. The van der Waals surface area contributed by atoms with E-state index < -0.39 is 0 Å². The van der Waals surface area contributed by atoms with Crippen molar-refractivity contribution in [3.8, 4) is 11.1 Å². The molecule has 1 saturated carbocycles. The number of nitrogens with one attached hydrogen (secondary N) is 4. The summed E-state index contributed by atoms with van der Waals surface area (Å²) in [6, 6.07) is 17.1. The molecule has 1 amide bonds. The summed E-state index contributed by atoms with van der Waals surface area (Å²) in [6.45, 7) is 2.52. The van der Waals surface area contributed by atoms with Crippen LogP contribution >= 0.6 is 11.6 Å². The molecule has 4 N–H and O–H groups in total. The summed E-state index contributed by atoms with van der Waals surface area (Å²) in [5.41, 5.74) is 5.35. The van der Waals surface area contributed by atoms with E-state index in [0.29, 0.717) is 11.2 Å². The Kier molecular flexibility index (Phi) is 6.65. The number of aromatic amines is 2. The minimum Gasteiger partial charge on any atom is -0.367 e. The molecule has 2 fully saturated rings. The van der Waals surface area contributed by atoms with Crippen LogP contribution in [0.4, 0.5) is 5.82 Å². The number of hydrogen-bond acceptors (Lipinski definition) is 5. The summed E-state index contributed by atoms with van der Waals surface area (Å²) in [6.07, 6.45) is 9.57. The number of hydrogen-bond donors (Lipinski definition) is 4. The number of likely N-dealkylation sites (tertiary alicyclic amines) is 1. The van der Waals surface area contributed by atoms with Crippen LogP contribution in [0.25, 0.3) is 33.1 Å². The van der Waals surface area contributed by atoms with E-state index >= 15 is 0 Å². The van der Waals surface area contributed by atoms with Crippen LogP contribution in [0, 0.1) is 5.92 Å². The fourth-order valence-electron chi connectivity index (χ4n) is 6.15. The number of anilines is 1. The molecule has 1 aliphatic heterocycles. The number of fused-ring (bicyclic) bond motifs is 2. The van der Waals surface area contributed by atoms with Crippen LogP contribution in [0.2, 0.25) is 5.15 Å². The normalized spacial score (nSPS) is 20.0. The predicted molar refractivity (Wildman–Crippen MR) is 159 cm³/mol. The Bertz CT molecular complexity index is 1660. The van der Waals surface area contributed by atoms with Gasteiger partial charge in [-0.25, -0.2) is 9.97 Å². The van der Waals surface area contributed by atoms with Gasteiger partial charge >= 0.3 is 0 Å². The van der Waals surface area contributed by atoms with Gasteiger partial charge in [0.2, 0.25) is 5.91 Å². The molecule has 4 aromatic heterocycles. The molecular weight excluding hydrogens is 522 g/mol. The van der Waals surface area contributed by atoms with Gasteiger partial charge in [-0.05, 0) is 78.6 Å². The zero-order valence-corrected chi connectivity index (χ0v) is 22.9. The number of carbonyl (C=O) groups excluding carboxylic acids is 1. The van der Waals surface area contributed by atoms with E-state index in [2.05, 4.69) is 65.8 Å². The average molecular weight is 554 g/mol. The van der Waals surface area contributed by atoms with Gasteiger partial charge in [0.1, 0.15) is 16.6 Å². The van der Waals surface area contributed by atoms with Crippen LogP contribution in [-0.2, 0) is 11.3 Å². The highest BCUT2D eigenvalue weighted by Crippen LogP contribution is 2.32. The van der Waals surface area contributed by atoms with Crippen molar-refractivity contribution in [2.24, 2.45) is 5.92 Å². The SMILES string of the molecule is O=C(N[C@H]1CC[C@H](Nc2cc(-c3c[nH]c4ncccc34)cc(Cl)n2)CC1)C1CN(Cc2ccc3cc[nH]c3c2)C1. The third-order valence-electron chi connectivity index (χ3n) is 8.34. The zero-order valence-electron chi connectivity index (χ0n) is 22.2. The van der Waals surface area contributed by atoms with Crippen LogP contribution in [0.1, 0.15) is 31.2 Å². The Morgan fingerprint density at radius 2 is 1.88 bits per heavy atom. The minimum absolute atomic E-state index is 0.0823. The molecule has 2 aliphatic rings. The van der Waals surface area contributed by atoms with Crippen molar-refractivity contribution in [2.45, 2.75) is 44.3 Å². The molecule has 7 rings (SSSR count). The lowest BCUT2D eigenvalue weighted by atomic mass is 9.90. The molecule has 1 saturated heterocycles. The van der Waals surface area contributed by atoms with Crippen LogP contribution in [0.15, 0.2) is 67.1 Å². The maximum Gasteiger partial charge on any atom is 0.225 e. The second kappa shape index (κ2) is 10.6. The fourth-order valence-corrected chi connectivity index (χ4v) is 6.36. The summed E-state index contributed by atoms with van der Waals surface area (Å²) in [5, 5.41) is 9.65. The van der Waals surface area contributed by atoms with Crippen molar-refractivity contribution in [3.05, 3.63) is 77.8 Å². The van der Waals surface area contributed by atoms with Crippen molar-refractivity contribution < 1.29 is 4.79 Å². The number of pyridine rings is 2. The van der Waals surface area contributed by atoms with E-state index in [4.69, 9.17) is 11.6 Å². The molecule has 204 valence electrons. The summed E-state index contributed by atoms with van der Waals surface area (Å²) in [5.74, 6) is 1.05. The predicted octanol–water partition coefficient (Wildman–Crippen LogP) is 5.73. The first-order chi connectivity index (χ1) is 19.6. The van der Waals surface area contributed by atoms with E-state index in [1.165, 1.54) is 10.9 Å². The van der Waals surface area contributed by atoms with Crippen molar-refractivity contribution in [3.63, 3.8) is 0 Å². The lowest BCUT2D eigenvalue weighted by Crippen LogP contribution is -2.55. The monoisotopic (exact) mass is 553 g/mol. The molecule has 40 heavy (non-hydrogen) atoms. The van der Waals surface area contributed by atoms with Crippen molar-refractivity contribution >= 4 is 45.3 Å². The maximum absolute atomic E-state index is 12.9. The molecule has 5 heterocycles. The number of halogens is 1. The molecule has 0 spiro atoms. The average Bonchev–Trinajstić information content (AvgIpc) is 3.58. The molecule has 1 aromatic carbocycles. The summed E-state index contributed by atoms with van der Waals surface area (Å²) in [7, 11) is 0. The van der Waals surface area contributed by atoms with E-state index in [1.54, 1.807) is 6.20 Å². The van der Waals surface area contributed by atoms with Gasteiger partial charge < -0.3 is 20.6 Å². The second-order valence-corrected chi connectivity index (χ2v) is 11.5. The number of amides is 1. The van der Waals surface area contributed by atoms with Crippen LogP contribution in [0.3, 0.4) is 0 Å². The molecule has 1 aliphatic carbocycles. The number of benzene rings is 1. The Morgan fingerprint density at radius 3 is 2.75 bits per heavy atom. The highest BCUT2D eigenvalue weighted by atomic mass is 35.5. The largest absolute Gasteiger partial charge is 0.367 e. The minimum atomic E-state index is 0.0823. The topological polar surface area (TPSA) is 102 Å². The lowest BCUT2D eigenvalue weighted by molar-refractivity contribution is -0.131. The summed E-state index contributed by atoms with van der Waals surface area (Å²) < 4.78 is 0. The molecule has 0 atom stereocenters. The third-order valence-corrected chi connectivity index (χ3v) is 8.53. The quantitative estimate of drug-likeness (QED) is 0.193. The standard InChI is InChI=1S/C31H32ClN7O/c32-28-13-21(26-15-35-30-25(26)2-1-10-34-30)14-29(38-28)36-23-5-7-24(8-6-23)37-31(40)22-17-39(18-22)16-19-3-4-20-9-11-33-27(20)12-19/h1-4,9-15,22-24,33H,5-8,16-18H2,(H,34,35)(H,36,38)(H,37,40)/t23-,24-. The van der Waals surface area contributed by atoms with Crippen LogP contribution < -0.4 is 10.6 Å². The van der Waals surface area contributed by atoms with Gasteiger partial charge in [-0.3, -0.25) is 9.69 Å². The summed E-state index contributed by atoms with van der Waals surface area (Å²) in [4.78, 5) is 30.7. The first-order valence-electron chi connectivity index (χ1n) is 14.0. The molecule has 9 heteroatoms. The first kappa shape index (κ1) is 25.1. The first-order valence-corrected chi connectivity index (χ1v) is 14.4. The molecule has 0 bridgehead atoms. The van der Waals surface area contributed by atoms with Gasteiger partial charge in [0.05, 0.1) is 5.92 Å². The Labute approximate surface area is 237 Å². The summed E-state index contributed by atoms with van der Waals surface area (Å²) >= 11 is 6.41. The molecular formula is C31H32ClN7O. The third kappa shape index (κ3) is 5.17. The van der Waals surface area contributed by atoms with Crippen LogP contribution in [0.5, 0.6) is 0 Å². The second-order valence-electron chi connectivity index (χ2n) is 11.2. The molecule has 8 nitrogen and oxygen atoms in total. The van der Waals surface area contributed by atoms with E-state index in [9.17, 15) is 4.79 Å². The Balaban J connectivity index is 0.892. The van der Waals surface area contributed by atoms with Gasteiger partial charge in [0.15, 0.2) is 0 Å². The number of H-pyrrole nitrogens is 2. The molecule has 0 radical (unpaired) electrons. The van der Waals surface area contributed by atoms with E-state index in [1.807, 2.05) is 30.6 Å². The van der Waals surface area contributed by atoms with E-state index in [0.717, 1.165) is 78.8 Å². The highest BCUT2D eigenvalue weighted by Gasteiger charge is 2.34. The van der Waals surface area contributed by atoms with Crippen LogP contribution in [-0.4, -0.2) is 55.9 Å². The highest BCUT2D eigenvalue weighted by molar-refractivity contribution is 6.29. The molecule has 0 unspecified atom stereocenters. The van der Waals surface area contributed by atoms with E-state index in [-0.39, 0.29) is 17.9 Å².